The predicted octanol–water partition coefficient (Wildman–Crippen LogP) is 3.67. The Hall–Kier alpha value is -2.73. The van der Waals surface area contributed by atoms with Crippen molar-refractivity contribution < 1.29 is 19.1 Å². The summed E-state index contributed by atoms with van der Waals surface area (Å²) in [4.78, 5) is 40.0. The second-order valence-electron chi connectivity index (χ2n) is 10.5. The lowest BCUT2D eigenvalue weighted by molar-refractivity contribution is -0.133. The minimum Gasteiger partial charge on any atom is -0.444 e. The van der Waals surface area contributed by atoms with Crippen LogP contribution in [0, 0.1) is 0 Å². The van der Waals surface area contributed by atoms with Crippen molar-refractivity contribution >= 4 is 17.9 Å². The summed E-state index contributed by atoms with van der Waals surface area (Å²) < 4.78 is 5.47. The van der Waals surface area contributed by atoms with Gasteiger partial charge < -0.3 is 26.0 Å². The molecular weight excluding hydrogens is 432 g/mol. The van der Waals surface area contributed by atoms with E-state index in [1.165, 1.54) is 0 Å². The number of nitrogens with two attached hydrogens (primary N) is 1. The smallest absolute Gasteiger partial charge is 0.408 e. The van der Waals surface area contributed by atoms with Crippen LogP contribution in [0.15, 0.2) is 30.2 Å². The van der Waals surface area contributed by atoms with Crippen LogP contribution in [0.2, 0.25) is 0 Å². The first-order valence-electron chi connectivity index (χ1n) is 12.4. The third-order valence-corrected chi connectivity index (χ3v) is 6.33. The first kappa shape index (κ1) is 27.5. The standard InChI is InChI=1S/C26H42N4O4/c1-19-20(28-24(33)34-25(2,3)4)15-12-10-8-6-7-9-11-13-17-26(5,23(27)32)29-22(31)21-16-14-18-30(19)21/h7,11,20-21H,1,6,8,10,12-18H2,2-5H3,(H2,27,32)(H,28,33)(H,29,31)/t9?,20-,21-,26-/m0/s1. The molecule has 1 fully saturated rings. The Morgan fingerprint density at radius 3 is 2.59 bits per heavy atom. The fraction of sp³-hybridized carbons (Fsp3) is 0.692. The molecule has 4 N–H and O–H groups in total. The average Bonchev–Trinajstić information content (AvgIpc) is 3.21. The molecule has 0 aromatic carbocycles. The average molecular weight is 475 g/mol. The molecule has 190 valence electrons. The Bertz CT molecular complexity index is 825. The topological polar surface area (TPSA) is 114 Å². The minimum atomic E-state index is -1.16. The molecule has 2 heterocycles. The number of fused-ring (bicyclic) bond motifs is 1. The maximum atomic E-state index is 13.3. The van der Waals surface area contributed by atoms with Crippen molar-refractivity contribution in [2.45, 2.75) is 109 Å². The zero-order valence-corrected chi connectivity index (χ0v) is 21.2. The highest BCUT2D eigenvalue weighted by Crippen LogP contribution is 2.27. The number of amides is 3. The van der Waals surface area contributed by atoms with Gasteiger partial charge in [-0.25, -0.2) is 4.79 Å². The minimum absolute atomic E-state index is 0.250. The highest BCUT2D eigenvalue weighted by atomic mass is 16.6. The number of carbonyl (C=O) groups excluding carboxylic acids is 3. The van der Waals surface area contributed by atoms with Gasteiger partial charge in [0.2, 0.25) is 11.8 Å². The van der Waals surface area contributed by atoms with Gasteiger partial charge >= 0.3 is 6.09 Å². The Morgan fingerprint density at radius 1 is 1.21 bits per heavy atom. The van der Waals surface area contributed by atoms with Crippen LogP contribution in [0.3, 0.4) is 0 Å². The Balaban J connectivity index is 2.27. The monoisotopic (exact) mass is 474 g/mol. The fourth-order valence-electron chi connectivity index (χ4n) is 4.34. The SMILES string of the molecule is C=C1[C@@H](NC(=O)OC(C)(C)C)CCCCCC=C=CCC[C@@](C)(C(N)=O)NC(=O)[C@@H]2CCCN12. The highest BCUT2D eigenvalue weighted by molar-refractivity contribution is 5.92. The van der Waals surface area contributed by atoms with E-state index < -0.39 is 29.2 Å². The van der Waals surface area contributed by atoms with Gasteiger partial charge in [-0.1, -0.05) is 19.4 Å². The second kappa shape index (κ2) is 12.1. The highest BCUT2D eigenvalue weighted by Gasteiger charge is 2.39. The van der Waals surface area contributed by atoms with Crippen molar-refractivity contribution in [2.75, 3.05) is 6.54 Å². The molecule has 3 amide bonds. The number of nitrogens with one attached hydrogen (secondary N) is 2. The van der Waals surface area contributed by atoms with Crippen molar-refractivity contribution in [3.05, 3.63) is 30.2 Å². The predicted molar refractivity (Wildman–Crippen MR) is 133 cm³/mol. The summed E-state index contributed by atoms with van der Waals surface area (Å²) >= 11 is 0. The molecule has 2 aliphatic heterocycles. The number of hydrogen-bond acceptors (Lipinski definition) is 5. The maximum absolute atomic E-state index is 13.3. The van der Waals surface area contributed by atoms with E-state index in [9.17, 15) is 14.4 Å². The first-order valence-corrected chi connectivity index (χ1v) is 12.4. The summed E-state index contributed by atoms with van der Waals surface area (Å²) in [7, 11) is 0. The van der Waals surface area contributed by atoms with Gasteiger partial charge in [-0.2, -0.15) is 0 Å². The van der Waals surface area contributed by atoms with Gasteiger partial charge in [-0.15, -0.1) is 5.73 Å². The van der Waals surface area contributed by atoms with Gasteiger partial charge in [0.1, 0.15) is 17.2 Å². The van der Waals surface area contributed by atoms with Gasteiger partial charge in [0, 0.05) is 12.2 Å². The van der Waals surface area contributed by atoms with E-state index in [1.807, 2.05) is 37.8 Å². The molecule has 3 atom stereocenters. The molecule has 1 saturated heterocycles. The third-order valence-electron chi connectivity index (χ3n) is 6.33. The zero-order chi connectivity index (χ0) is 25.4. The largest absolute Gasteiger partial charge is 0.444 e. The van der Waals surface area contributed by atoms with Gasteiger partial charge in [-0.05, 0) is 84.8 Å². The van der Waals surface area contributed by atoms with Crippen molar-refractivity contribution in [3.8, 4) is 0 Å². The molecule has 34 heavy (non-hydrogen) atoms. The van der Waals surface area contributed by atoms with Gasteiger partial charge in [0.05, 0.1) is 6.04 Å². The number of alkyl carbamates (subject to hydrolysis) is 1. The van der Waals surface area contributed by atoms with Crippen LogP contribution in [0.1, 0.15) is 85.5 Å². The number of ether oxygens (including phenoxy) is 1. The summed E-state index contributed by atoms with van der Waals surface area (Å²) in [6, 6.07) is -0.822. The fourth-order valence-corrected chi connectivity index (χ4v) is 4.34. The molecule has 0 radical (unpaired) electrons. The molecule has 0 unspecified atom stereocenters. The number of hydrogen-bond donors (Lipinski definition) is 3. The number of primary amides is 1. The van der Waals surface area contributed by atoms with E-state index in [0.29, 0.717) is 37.9 Å². The molecule has 0 bridgehead atoms. The maximum Gasteiger partial charge on any atom is 0.408 e. The number of carbonyl (C=O) groups is 3. The molecule has 0 aromatic rings. The summed E-state index contributed by atoms with van der Waals surface area (Å²) in [6.45, 7) is 12.1. The molecule has 2 rings (SSSR count). The van der Waals surface area contributed by atoms with E-state index in [-0.39, 0.29) is 11.9 Å². The second-order valence-corrected chi connectivity index (χ2v) is 10.5. The molecule has 8 nitrogen and oxygen atoms in total. The van der Waals surface area contributed by atoms with Gasteiger partial charge in [-0.3, -0.25) is 9.59 Å². The quantitative estimate of drug-likeness (QED) is 0.529. The van der Waals surface area contributed by atoms with Crippen molar-refractivity contribution in [2.24, 2.45) is 5.73 Å². The third kappa shape index (κ3) is 8.24. The van der Waals surface area contributed by atoms with Crippen LogP contribution >= 0.6 is 0 Å². The van der Waals surface area contributed by atoms with E-state index in [1.54, 1.807) is 6.92 Å². The summed E-state index contributed by atoms with van der Waals surface area (Å²) in [5.41, 5.74) is 7.74. The molecule has 2 aliphatic rings. The van der Waals surface area contributed by atoms with Gasteiger partial charge in [0.15, 0.2) is 0 Å². The van der Waals surface area contributed by atoms with Crippen molar-refractivity contribution in [1.29, 1.82) is 0 Å². The lowest BCUT2D eigenvalue weighted by Gasteiger charge is -2.35. The Morgan fingerprint density at radius 2 is 1.91 bits per heavy atom. The molecule has 0 aromatic heterocycles. The molecule has 0 aliphatic carbocycles. The van der Waals surface area contributed by atoms with Crippen LogP contribution in [0.5, 0.6) is 0 Å². The molecular formula is C26H42N4O4. The van der Waals surface area contributed by atoms with Gasteiger partial charge in [0.25, 0.3) is 0 Å². The van der Waals surface area contributed by atoms with Crippen LogP contribution in [-0.2, 0) is 14.3 Å². The van der Waals surface area contributed by atoms with E-state index in [4.69, 9.17) is 10.5 Å². The van der Waals surface area contributed by atoms with Crippen LogP contribution in [0.25, 0.3) is 0 Å². The summed E-state index contributed by atoms with van der Waals surface area (Å²) in [6.07, 6.45) is 10.3. The Labute approximate surface area is 204 Å². The summed E-state index contributed by atoms with van der Waals surface area (Å²) in [5, 5.41) is 5.87. The van der Waals surface area contributed by atoms with E-state index >= 15 is 0 Å². The number of nitrogens with zero attached hydrogens (tertiary/aromatic N) is 1. The van der Waals surface area contributed by atoms with Crippen LogP contribution in [0.4, 0.5) is 4.79 Å². The summed E-state index contributed by atoms with van der Waals surface area (Å²) in [5.74, 6) is -0.816. The number of allylic oxidation sites excluding steroid dienone is 1. The van der Waals surface area contributed by atoms with Crippen LogP contribution in [-0.4, -0.2) is 52.6 Å². The van der Waals surface area contributed by atoms with Crippen molar-refractivity contribution in [3.63, 3.8) is 0 Å². The van der Waals surface area contributed by atoms with Crippen molar-refractivity contribution in [1.82, 2.24) is 15.5 Å². The molecule has 0 saturated carbocycles. The number of rotatable bonds is 2. The van der Waals surface area contributed by atoms with E-state index in [0.717, 1.165) is 32.1 Å². The normalized spacial score (nSPS) is 27.5. The van der Waals surface area contributed by atoms with Crippen LogP contribution < -0.4 is 16.4 Å². The molecule has 8 heteroatoms. The first-order chi connectivity index (χ1) is 15.9. The van der Waals surface area contributed by atoms with E-state index in [2.05, 4.69) is 22.9 Å². The molecule has 0 spiro atoms. The lowest BCUT2D eigenvalue weighted by Crippen LogP contribution is -2.59. The Kier molecular flexibility index (Phi) is 9.80. The lowest BCUT2D eigenvalue weighted by atomic mass is 9.94. The zero-order valence-electron chi connectivity index (χ0n) is 21.2.